The van der Waals surface area contributed by atoms with E-state index in [2.05, 4.69) is 25.9 Å². The van der Waals surface area contributed by atoms with E-state index in [-0.39, 0.29) is 29.4 Å². The Kier molecular flexibility index (Phi) is 8.07. The minimum absolute atomic E-state index is 0.157. The number of benzene rings is 2. The molecule has 4 rings (SSSR count). The van der Waals surface area contributed by atoms with E-state index in [4.69, 9.17) is 28.6 Å². The Morgan fingerprint density at radius 3 is 2.54 bits per heavy atom. The molecule has 2 heterocycles. The molecule has 0 saturated carbocycles. The lowest BCUT2D eigenvalue weighted by Crippen LogP contribution is -2.35. The molecule has 3 amide bonds. The highest BCUT2D eigenvalue weighted by Gasteiger charge is 2.18. The summed E-state index contributed by atoms with van der Waals surface area (Å²) in [5, 5.41) is 8.78. The number of aromatic nitrogens is 2. The Hall–Kier alpha value is -3.76. The second-order valence-electron chi connectivity index (χ2n) is 7.78. The van der Waals surface area contributed by atoms with Gasteiger partial charge in [-0.05, 0) is 48.8 Å². The van der Waals surface area contributed by atoms with Crippen molar-refractivity contribution in [3.63, 3.8) is 0 Å². The van der Waals surface area contributed by atoms with Crippen molar-refractivity contribution in [2.45, 2.75) is 19.3 Å². The number of hydrogen-bond donors (Lipinski definition) is 3. The van der Waals surface area contributed by atoms with Crippen LogP contribution in [0.3, 0.4) is 0 Å². The van der Waals surface area contributed by atoms with Gasteiger partial charge < -0.3 is 20.3 Å². The first-order valence-electron chi connectivity index (χ1n) is 11.0. The molecule has 1 aromatic heterocycles. The predicted molar refractivity (Wildman–Crippen MR) is 138 cm³/mol. The van der Waals surface area contributed by atoms with Gasteiger partial charge in [-0.15, -0.1) is 0 Å². The van der Waals surface area contributed by atoms with Crippen LogP contribution in [-0.4, -0.2) is 45.0 Å². The Bertz CT molecular complexity index is 1220. The van der Waals surface area contributed by atoms with Gasteiger partial charge in [-0.2, -0.15) is 0 Å². The molecule has 0 atom stereocenters. The number of likely N-dealkylation sites (tertiary alicyclic amines) is 1. The highest BCUT2D eigenvalue weighted by atomic mass is 35.5. The average molecular weight is 511 g/mol. The Morgan fingerprint density at radius 1 is 1.03 bits per heavy atom. The van der Waals surface area contributed by atoms with Gasteiger partial charge in [0.2, 0.25) is 11.8 Å². The molecule has 1 fully saturated rings. The van der Waals surface area contributed by atoms with Gasteiger partial charge in [-0.3, -0.25) is 10.1 Å². The van der Waals surface area contributed by atoms with Crippen LogP contribution in [0, 0.1) is 0 Å². The van der Waals surface area contributed by atoms with Gasteiger partial charge in [-0.1, -0.05) is 41.9 Å². The summed E-state index contributed by atoms with van der Waals surface area (Å²) in [6.07, 6.45) is 3.52. The summed E-state index contributed by atoms with van der Waals surface area (Å²) < 4.78 is 5.77. The standard InChI is InChI=1S/C24H23ClN6O3S/c25-18-13-17(28-23(35)30-21(32)12-16-6-2-1-3-7-16)8-9-19(18)34-22-14-20(26-15-27-22)29-24(33)31-10-4-5-11-31/h1-3,6-9,13-15H,4-5,10-12H2,(H,26,27,29,33)(H2,28,30,32,35). The minimum atomic E-state index is -0.226. The lowest BCUT2D eigenvalue weighted by molar-refractivity contribution is -0.119. The van der Waals surface area contributed by atoms with E-state index in [9.17, 15) is 9.59 Å². The molecule has 9 nitrogen and oxygen atoms in total. The molecule has 0 spiro atoms. The van der Waals surface area contributed by atoms with Crippen LogP contribution in [-0.2, 0) is 11.2 Å². The molecular formula is C24H23ClN6O3S. The van der Waals surface area contributed by atoms with Crippen LogP contribution in [0.15, 0.2) is 60.9 Å². The number of nitrogens with one attached hydrogen (secondary N) is 3. The summed E-state index contributed by atoms with van der Waals surface area (Å²) in [5.41, 5.74) is 1.47. The molecule has 0 aliphatic carbocycles. The van der Waals surface area contributed by atoms with E-state index in [1.54, 1.807) is 23.1 Å². The molecule has 11 heteroatoms. The van der Waals surface area contributed by atoms with Crippen LogP contribution in [0.5, 0.6) is 11.6 Å². The number of rotatable bonds is 6. The van der Waals surface area contributed by atoms with Gasteiger partial charge in [-0.25, -0.2) is 14.8 Å². The van der Waals surface area contributed by atoms with Gasteiger partial charge in [0.15, 0.2) is 5.11 Å². The molecule has 3 aromatic rings. The third-order valence-corrected chi connectivity index (χ3v) is 5.63. The fraction of sp³-hybridized carbons (Fsp3) is 0.208. The van der Waals surface area contributed by atoms with Crippen molar-refractivity contribution in [1.29, 1.82) is 0 Å². The maximum atomic E-state index is 12.3. The molecule has 1 aliphatic heterocycles. The van der Waals surface area contributed by atoms with Crippen molar-refractivity contribution in [3.05, 3.63) is 71.5 Å². The fourth-order valence-corrected chi connectivity index (χ4v) is 3.91. The minimum Gasteiger partial charge on any atom is -0.437 e. The number of anilines is 2. The molecule has 2 aromatic carbocycles. The number of amides is 3. The van der Waals surface area contributed by atoms with E-state index in [1.807, 2.05) is 30.3 Å². The van der Waals surface area contributed by atoms with E-state index in [0.717, 1.165) is 31.5 Å². The number of carbonyl (C=O) groups excluding carboxylic acids is 2. The van der Waals surface area contributed by atoms with Crippen LogP contribution in [0.25, 0.3) is 0 Å². The molecule has 0 radical (unpaired) electrons. The smallest absolute Gasteiger partial charge is 0.323 e. The van der Waals surface area contributed by atoms with Crippen LogP contribution >= 0.6 is 23.8 Å². The second-order valence-corrected chi connectivity index (χ2v) is 8.59. The van der Waals surface area contributed by atoms with Crippen LogP contribution < -0.4 is 20.7 Å². The molecule has 180 valence electrons. The fourth-order valence-electron chi connectivity index (χ4n) is 3.46. The van der Waals surface area contributed by atoms with Crippen LogP contribution in [0.1, 0.15) is 18.4 Å². The van der Waals surface area contributed by atoms with E-state index >= 15 is 0 Å². The number of thiocarbonyl (C=S) groups is 1. The Labute approximate surface area is 212 Å². The van der Waals surface area contributed by atoms with Crippen molar-refractivity contribution in [1.82, 2.24) is 20.2 Å². The Balaban J connectivity index is 1.32. The van der Waals surface area contributed by atoms with Crippen LogP contribution in [0.4, 0.5) is 16.3 Å². The van der Waals surface area contributed by atoms with Gasteiger partial charge in [0.25, 0.3) is 0 Å². The molecule has 0 bridgehead atoms. The Morgan fingerprint density at radius 2 is 1.80 bits per heavy atom. The second kappa shape index (κ2) is 11.6. The highest BCUT2D eigenvalue weighted by Crippen LogP contribution is 2.31. The first kappa shape index (κ1) is 24.4. The number of halogens is 1. The average Bonchev–Trinajstić information content (AvgIpc) is 3.37. The summed E-state index contributed by atoms with van der Waals surface area (Å²) in [5.74, 6) is 0.684. The van der Waals surface area contributed by atoms with Gasteiger partial charge >= 0.3 is 6.03 Å². The molecule has 0 unspecified atom stereocenters. The maximum Gasteiger partial charge on any atom is 0.323 e. The number of hydrogen-bond acceptors (Lipinski definition) is 6. The van der Waals surface area contributed by atoms with E-state index < -0.39 is 0 Å². The SMILES string of the molecule is O=C(Cc1ccccc1)NC(=S)Nc1ccc(Oc2cc(NC(=O)N3CCCC3)ncn2)c(Cl)c1. The third-order valence-electron chi connectivity index (χ3n) is 5.13. The summed E-state index contributed by atoms with van der Waals surface area (Å²) >= 11 is 11.6. The zero-order valence-electron chi connectivity index (χ0n) is 18.7. The van der Waals surface area contributed by atoms with Gasteiger partial charge in [0.05, 0.1) is 11.4 Å². The predicted octanol–water partition coefficient (Wildman–Crippen LogP) is 4.61. The van der Waals surface area contributed by atoms with Crippen molar-refractivity contribution in [3.8, 4) is 11.6 Å². The van der Waals surface area contributed by atoms with E-state index in [0.29, 0.717) is 22.3 Å². The number of ether oxygens (including phenoxy) is 1. The maximum absolute atomic E-state index is 12.3. The normalized spacial score (nSPS) is 12.7. The largest absolute Gasteiger partial charge is 0.437 e. The van der Waals surface area contributed by atoms with Crippen molar-refractivity contribution in [2.75, 3.05) is 23.7 Å². The summed E-state index contributed by atoms with van der Waals surface area (Å²) in [6.45, 7) is 1.47. The van der Waals surface area contributed by atoms with Gasteiger partial charge in [0, 0.05) is 24.8 Å². The summed E-state index contributed by atoms with van der Waals surface area (Å²) in [6, 6.07) is 15.7. The quantitative estimate of drug-likeness (QED) is 0.416. The van der Waals surface area contributed by atoms with Crippen molar-refractivity contribution >= 4 is 52.4 Å². The molecule has 1 saturated heterocycles. The third kappa shape index (κ3) is 7.11. The topological polar surface area (TPSA) is 108 Å². The number of urea groups is 1. The zero-order chi connectivity index (χ0) is 24.6. The number of nitrogens with zero attached hydrogens (tertiary/aromatic N) is 3. The lowest BCUT2D eigenvalue weighted by atomic mass is 10.1. The zero-order valence-corrected chi connectivity index (χ0v) is 20.2. The molecule has 1 aliphatic rings. The number of carbonyl (C=O) groups is 2. The molecule has 35 heavy (non-hydrogen) atoms. The molecule has 3 N–H and O–H groups in total. The summed E-state index contributed by atoms with van der Waals surface area (Å²) in [7, 11) is 0. The summed E-state index contributed by atoms with van der Waals surface area (Å²) in [4.78, 5) is 34.3. The van der Waals surface area contributed by atoms with E-state index in [1.165, 1.54) is 12.4 Å². The van der Waals surface area contributed by atoms with Crippen molar-refractivity contribution in [2.24, 2.45) is 0 Å². The first-order chi connectivity index (χ1) is 17.0. The van der Waals surface area contributed by atoms with Crippen LogP contribution in [0.2, 0.25) is 5.02 Å². The monoisotopic (exact) mass is 510 g/mol. The van der Waals surface area contributed by atoms with Gasteiger partial charge in [0.1, 0.15) is 17.9 Å². The highest BCUT2D eigenvalue weighted by molar-refractivity contribution is 7.80. The lowest BCUT2D eigenvalue weighted by Gasteiger charge is -2.16. The van der Waals surface area contributed by atoms with Crippen molar-refractivity contribution < 1.29 is 14.3 Å². The first-order valence-corrected chi connectivity index (χ1v) is 11.7. The molecular weight excluding hydrogens is 488 g/mol.